The minimum absolute atomic E-state index is 0.102. The Labute approximate surface area is 505 Å². The smallest absolute Gasteiger partial charge is 0.462 e. The Bertz CT molecular complexity index is 1660. The lowest BCUT2D eigenvalue weighted by atomic mass is 10.00. The maximum Gasteiger partial charge on any atom is 0.472 e. The number of rotatable bonds is 61. The van der Waals surface area contributed by atoms with Gasteiger partial charge in [-0.2, -0.15) is 0 Å². The molecule has 0 heterocycles. The molecule has 17 nitrogen and oxygen atoms in total. The van der Waals surface area contributed by atoms with Crippen molar-refractivity contribution in [2.75, 3.05) is 39.6 Å². The third-order valence-electron chi connectivity index (χ3n) is 14.9. The first kappa shape index (κ1) is 81.1. The van der Waals surface area contributed by atoms with Crippen molar-refractivity contribution in [3.63, 3.8) is 0 Å². The van der Waals surface area contributed by atoms with E-state index in [1.807, 2.05) is 0 Å². The molecule has 0 aromatic carbocycles. The molecule has 0 bridgehead atoms. The number of carbonyl (C=O) groups excluding carboxylic acids is 4. The first-order valence-electron chi connectivity index (χ1n) is 33.2. The highest BCUT2D eigenvalue weighted by Crippen LogP contribution is 2.45. The molecule has 6 atom stereocenters. The van der Waals surface area contributed by atoms with Crippen LogP contribution in [0.25, 0.3) is 0 Å². The predicted octanol–water partition coefficient (Wildman–Crippen LogP) is 17.4. The molecule has 0 aliphatic heterocycles. The number of unbranched alkanes of at least 4 members (excludes halogenated alkanes) is 26. The second-order valence-corrected chi connectivity index (χ2v) is 27.7. The molecular formula is C64H124O17P2. The molecule has 0 saturated carbocycles. The van der Waals surface area contributed by atoms with Crippen molar-refractivity contribution in [1.29, 1.82) is 0 Å². The van der Waals surface area contributed by atoms with Gasteiger partial charge in [0.05, 0.1) is 26.4 Å². The minimum Gasteiger partial charge on any atom is -0.462 e. The van der Waals surface area contributed by atoms with E-state index in [4.69, 9.17) is 37.0 Å². The van der Waals surface area contributed by atoms with Gasteiger partial charge in [-0.15, -0.1) is 0 Å². The summed E-state index contributed by atoms with van der Waals surface area (Å²) in [5.74, 6) is 0.729. The van der Waals surface area contributed by atoms with E-state index >= 15 is 0 Å². The highest BCUT2D eigenvalue weighted by Gasteiger charge is 2.30. The number of phosphoric acid groups is 2. The number of carbonyl (C=O) groups is 4. The summed E-state index contributed by atoms with van der Waals surface area (Å²) in [5.41, 5.74) is 0. The third kappa shape index (κ3) is 57.6. The first-order chi connectivity index (χ1) is 39.6. The average molecular weight is 1230 g/mol. The number of ether oxygens (including phenoxy) is 4. The van der Waals surface area contributed by atoms with E-state index in [9.17, 15) is 43.2 Å². The van der Waals surface area contributed by atoms with Crippen LogP contribution in [0.5, 0.6) is 0 Å². The van der Waals surface area contributed by atoms with Gasteiger partial charge in [-0.05, 0) is 49.4 Å². The van der Waals surface area contributed by atoms with Gasteiger partial charge in [0.15, 0.2) is 12.2 Å². The van der Waals surface area contributed by atoms with Gasteiger partial charge in [0.2, 0.25) is 0 Å². The summed E-state index contributed by atoms with van der Waals surface area (Å²) in [6.45, 7) is 13.9. The average Bonchev–Trinajstić information content (AvgIpc) is 3.44. The van der Waals surface area contributed by atoms with Gasteiger partial charge < -0.3 is 33.8 Å². The topological polar surface area (TPSA) is 237 Å². The van der Waals surface area contributed by atoms with Gasteiger partial charge in [-0.1, -0.05) is 254 Å². The Morgan fingerprint density at radius 3 is 0.855 bits per heavy atom. The molecule has 0 spiro atoms. The van der Waals surface area contributed by atoms with Crippen molar-refractivity contribution < 1.29 is 80.2 Å². The van der Waals surface area contributed by atoms with E-state index in [0.717, 1.165) is 115 Å². The quantitative estimate of drug-likeness (QED) is 0.0222. The van der Waals surface area contributed by atoms with Crippen LogP contribution in [-0.4, -0.2) is 96.7 Å². The molecule has 0 aromatic heterocycles. The summed E-state index contributed by atoms with van der Waals surface area (Å²) >= 11 is 0. The largest absolute Gasteiger partial charge is 0.472 e. The van der Waals surface area contributed by atoms with Crippen molar-refractivity contribution in [2.24, 2.45) is 23.7 Å². The molecule has 0 aromatic rings. The highest BCUT2D eigenvalue weighted by atomic mass is 31.2. The van der Waals surface area contributed by atoms with E-state index in [2.05, 4.69) is 55.4 Å². The molecule has 0 aliphatic rings. The summed E-state index contributed by atoms with van der Waals surface area (Å²) in [7, 11) is -9.89. The number of aliphatic hydroxyl groups excluding tert-OH is 1. The Hall–Kier alpha value is -1.94. The zero-order valence-corrected chi connectivity index (χ0v) is 55.6. The molecule has 19 heteroatoms. The van der Waals surface area contributed by atoms with Crippen LogP contribution in [0, 0.1) is 23.7 Å². The summed E-state index contributed by atoms with van der Waals surface area (Å²) in [6, 6.07) is 0. The molecule has 0 rings (SSSR count). The van der Waals surface area contributed by atoms with Gasteiger partial charge in [-0.3, -0.25) is 37.3 Å². The molecule has 83 heavy (non-hydrogen) atoms. The fourth-order valence-corrected chi connectivity index (χ4v) is 11.0. The Balaban J connectivity index is 5.24. The molecule has 0 saturated heterocycles. The standard InChI is InChI=1S/C64H124O17P2/c1-9-57(8)43-35-27-21-23-29-37-45-62(67)75-51-60(81-64(69)47-39-31-19-15-17-25-33-41-55(4)5)53-79-83(72,73)77-49-58(65)48-76-82(70,71)78-52-59(50-74-61(66)44-36-28-22-20-26-34-42-56(6)7)80-63(68)46-38-30-18-14-12-10-11-13-16-24-32-40-54(2)3/h54-60,65H,9-53H2,1-8H3,(H,70,71)(H,72,73)/t57?,58-,59-,60-/m1/s1. The Morgan fingerprint density at radius 1 is 0.337 bits per heavy atom. The number of hydrogen-bond donors (Lipinski definition) is 3. The molecule has 492 valence electrons. The number of phosphoric ester groups is 2. The third-order valence-corrected chi connectivity index (χ3v) is 16.8. The van der Waals surface area contributed by atoms with E-state index in [0.29, 0.717) is 37.5 Å². The lowest BCUT2D eigenvalue weighted by Crippen LogP contribution is -2.30. The number of esters is 4. The van der Waals surface area contributed by atoms with E-state index < -0.39 is 97.5 Å². The molecule has 3 unspecified atom stereocenters. The Kier molecular flexibility index (Phi) is 53.0. The predicted molar refractivity (Wildman–Crippen MR) is 331 cm³/mol. The van der Waals surface area contributed by atoms with Crippen molar-refractivity contribution in [1.82, 2.24) is 0 Å². The monoisotopic (exact) mass is 1230 g/mol. The maximum absolute atomic E-state index is 13.0. The van der Waals surface area contributed by atoms with Crippen LogP contribution < -0.4 is 0 Å². The van der Waals surface area contributed by atoms with Crippen molar-refractivity contribution in [3.8, 4) is 0 Å². The maximum atomic E-state index is 13.0. The van der Waals surface area contributed by atoms with Crippen molar-refractivity contribution >= 4 is 39.5 Å². The van der Waals surface area contributed by atoms with Crippen LogP contribution in [0.15, 0.2) is 0 Å². The van der Waals surface area contributed by atoms with Crippen molar-refractivity contribution in [2.45, 2.75) is 324 Å². The van der Waals surface area contributed by atoms with Crippen LogP contribution in [0.3, 0.4) is 0 Å². The van der Waals surface area contributed by atoms with Crippen LogP contribution >= 0.6 is 15.6 Å². The van der Waals surface area contributed by atoms with Crippen LogP contribution in [0.2, 0.25) is 0 Å². The normalized spacial score (nSPS) is 14.8. The number of hydrogen-bond acceptors (Lipinski definition) is 15. The zero-order valence-electron chi connectivity index (χ0n) is 53.8. The lowest BCUT2D eigenvalue weighted by molar-refractivity contribution is -0.161. The molecule has 0 fully saturated rings. The fraction of sp³-hybridized carbons (Fsp3) is 0.938. The number of aliphatic hydroxyl groups is 1. The summed E-state index contributed by atoms with van der Waals surface area (Å²) in [5, 5.41) is 10.5. The van der Waals surface area contributed by atoms with Crippen LogP contribution in [0.4, 0.5) is 0 Å². The second-order valence-electron chi connectivity index (χ2n) is 24.8. The van der Waals surface area contributed by atoms with E-state index in [1.54, 1.807) is 0 Å². The van der Waals surface area contributed by atoms with Crippen LogP contribution in [-0.2, 0) is 65.4 Å². The molecule has 0 amide bonds. The van der Waals surface area contributed by atoms with Gasteiger partial charge in [-0.25, -0.2) is 9.13 Å². The molecular weight excluding hydrogens is 1100 g/mol. The zero-order chi connectivity index (χ0) is 61.8. The fourth-order valence-electron chi connectivity index (χ4n) is 9.40. The highest BCUT2D eigenvalue weighted by molar-refractivity contribution is 7.47. The van der Waals surface area contributed by atoms with Crippen LogP contribution in [0.1, 0.15) is 306 Å². The first-order valence-corrected chi connectivity index (χ1v) is 36.2. The van der Waals surface area contributed by atoms with E-state index in [-0.39, 0.29) is 25.7 Å². The van der Waals surface area contributed by atoms with Gasteiger partial charge in [0, 0.05) is 25.7 Å². The van der Waals surface area contributed by atoms with Gasteiger partial charge >= 0.3 is 39.5 Å². The second kappa shape index (κ2) is 54.2. The molecule has 3 N–H and O–H groups in total. The Morgan fingerprint density at radius 2 is 0.578 bits per heavy atom. The summed E-state index contributed by atoms with van der Waals surface area (Å²) in [6.07, 6.45) is 33.7. The summed E-state index contributed by atoms with van der Waals surface area (Å²) in [4.78, 5) is 72.2. The van der Waals surface area contributed by atoms with Gasteiger partial charge in [0.25, 0.3) is 0 Å². The van der Waals surface area contributed by atoms with E-state index in [1.165, 1.54) is 96.3 Å². The molecule has 0 radical (unpaired) electrons. The van der Waals surface area contributed by atoms with Crippen molar-refractivity contribution in [3.05, 3.63) is 0 Å². The minimum atomic E-state index is -4.95. The van der Waals surface area contributed by atoms with Gasteiger partial charge in [0.1, 0.15) is 19.3 Å². The lowest BCUT2D eigenvalue weighted by Gasteiger charge is -2.21. The summed E-state index contributed by atoms with van der Waals surface area (Å²) < 4.78 is 68.0. The SMILES string of the molecule is CCC(C)CCCCCCCCC(=O)OC[C@H](COP(=O)(O)OC[C@H](O)COP(=O)(O)OC[C@@H](COC(=O)CCCCCCCCC(C)C)OC(=O)CCCCCCCCCCCCCC(C)C)OC(=O)CCCCCCCCCC(C)C. The molecule has 0 aliphatic carbocycles.